The van der Waals surface area contributed by atoms with Crippen LogP contribution in [0.5, 0.6) is 0 Å². The molecule has 3 aromatic rings. The number of pyridine rings is 1. The molecule has 35 heavy (non-hydrogen) atoms. The van der Waals surface area contributed by atoms with E-state index in [0.29, 0.717) is 17.3 Å². The summed E-state index contributed by atoms with van der Waals surface area (Å²) < 4.78 is 68.7. The lowest BCUT2D eigenvalue weighted by Gasteiger charge is -2.43. The number of rotatable bonds is 5. The lowest BCUT2D eigenvalue weighted by atomic mass is 9.88. The molecule has 0 spiro atoms. The number of aromatic nitrogens is 5. The van der Waals surface area contributed by atoms with E-state index in [4.69, 9.17) is 0 Å². The third-order valence-corrected chi connectivity index (χ3v) is 5.78. The van der Waals surface area contributed by atoms with Gasteiger partial charge in [0.25, 0.3) is 11.8 Å². The number of amides is 1. The molecule has 1 aliphatic rings. The topological polar surface area (TPSA) is 88.8 Å². The smallest absolute Gasteiger partial charge is 0.367 e. The number of carbonyl (C=O) groups is 1. The first-order valence-corrected chi connectivity index (χ1v) is 10.7. The summed E-state index contributed by atoms with van der Waals surface area (Å²) in [6.45, 7) is 0.765. The molecule has 186 valence electrons. The van der Waals surface area contributed by atoms with E-state index in [1.807, 2.05) is 0 Å². The monoisotopic (exact) mass is 495 g/mol. The van der Waals surface area contributed by atoms with E-state index in [2.05, 4.69) is 25.4 Å². The predicted octanol–water partition coefficient (Wildman–Crippen LogP) is 3.89. The van der Waals surface area contributed by atoms with Crippen LogP contribution in [0.1, 0.15) is 29.5 Å². The van der Waals surface area contributed by atoms with Crippen molar-refractivity contribution in [1.82, 2.24) is 29.6 Å². The van der Waals surface area contributed by atoms with Crippen molar-refractivity contribution in [2.45, 2.75) is 31.5 Å². The molecule has 1 saturated heterocycles. The minimum absolute atomic E-state index is 0.00437. The van der Waals surface area contributed by atoms with E-state index in [1.165, 1.54) is 4.68 Å². The molecule has 0 aliphatic carbocycles. The van der Waals surface area contributed by atoms with Crippen molar-refractivity contribution in [3.8, 4) is 11.1 Å². The predicted molar refractivity (Wildman–Crippen MR) is 116 cm³/mol. The number of piperidine rings is 1. The fourth-order valence-electron chi connectivity index (χ4n) is 4.17. The van der Waals surface area contributed by atoms with E-state index in [-0.39, 0.29) is 18.1 Å². The van der Waals surface area contributed by atoms with Crippen molar-refractivity contribution in [1.29, 1.82) is 0 Å². The molecule has 0 saturated carbocycles. The van der Waals surface area contributed by atoms with Gasteiger partial charge in [0.05, 0.1) is 25.0 Å². The summed E-state index contributed by atoms with van der Waals surface area (Å²) in [5, 5.41) is 7.05. The summed E-state index contributed by atoms with van der Waals surface area (Å²) in [7, 11) is 1.62. The quantitative estimate of drug-likeness (QED) is 0.541. The number of aryl methyl sites for hydroxylation is 1. The summed E-state index contributed by atoms with van der Waals surface area (Å²) in [5.74, 6) is -4.38. The average molecular weight is 495 g/mol. The maximum atomic E-state index is 14.5. The summed E-state index contributed by atoms with van der Waals surface area (Å²) in [4.78, 5) is 25.7. The third-order valence-electron chi connectivity index (χ3n) is 5.78. The molecule has 0 radical (unpaired) electrons. The van der Waals surface area contributed by atoms with Crippen LogP contribution in [0.4, 0.5) is 27.8 Å². The van der Waals surface area contributed by atoms with Gasteiger partial charge in [-0.25, -0.2) is 18.7 Å². The SMILES string of the molecule is CC1CC(F)(F)CN(C(=O)c2nn(C)cc2-c2cccnc2)C1CNc1cnc(C(F)(F)F)cn1. The van der Waals surface area contributed by atoms with Gasteiger partial charge in [0.15, 0.2) is 11.4 Å². The molecule has 0 bridgehead atoms. The Morgan fingerprint density at radius 3 is 2.63 bits per heavy atom. The van der Waals surface area contributed by atoms with E-state index in [9.17, 15) is 26.7 Å². The fraction of sp³-hybridized carbons (Fsp3) is 0.409. The second-order valence-electron chi connectivity index (χ2n) is 8.51. The lowest BCUT2D eigenvalue weighted by molar-refractivity contribution is -0.141. The zero-order valence-electron chi connectivity index (χ0n) is 18.8. The van der Waals surface area contributed by atoms with Gasteiger partial charge in [0.1, 0.15) is 5.82 Å². The van der Waals surface area contributed by atoms with Crippen LogP contribution in [0.25, 0.3) is 11.1 Å². The van der Waals surface area contributed by atoms with Crippen LogP contribution < -0.4 is 5.32 Å². The van der Waals surface area contributed by atoms with Gasteiger partial charge in [-0.1, -0.05) is 13.0 Å². The average Bonchev–Trinajstić information content (AvgIpc) is 3.19. The first-order chi connectivity index (χ1) is 16.4. The standard InChI is InChI=1S/C22H22F5N7O/c1-13-6-21(23,24)12-34(16(13)8-30-18-10-29-17(9-31-18)22(25,26)27)20(35)19-15(11-33(2)32-19)14-4-3-5-28-7-14/h3-5,7,9-11,13,16H,6,8,12H2,1-2H3,(H,30,31). The fourth-order valence-corrected chi connectivity index (χ4v) is 4.17. The van der Waals surface area contributed by atoms with Crippen molar-refractivity contribution >= 4 is 11.7 Å². The van der Waals surface area contributed by atoms with Crippen molar-refractivity contribution in [2.75, 3.05) is 18.4 Å². The van der Waals surface area contributed by atoms with Crippen LogP contribution in [-0.2, 0) is 13.2 Å². The number of halogens is 5. The first kappa shape index (κ1) is 24.5. The van der Waals surface area contributed by atoms with E-state index in [1.54, 1.807) is 44.7 Å². The van der Waals surface area contributed by atoms with Gasteiger partial charge in [-0.3, -0.25) is 14.5 Å². The Bertz CT molecular complexity index is 1180. The molecule has 8 nitrogen and oxygen atoms in total. The highest BCUT2D eigenvalue weighted by Gasteiger charge is 2.46. The second kappa shape index (κ2) is 9.19. The van der Waals surface area contributed by atoms with Gasteiger partial charge < -0.3 is 10.2 Å². The van der Waals surface area contributed by atoms with Crippen molar-refractivity contribution in [3.05, 3.63) is 54.5 Å². The van der Waals surface area contributed by atoms with Crippen LogP contribution >= 0.6 is 0 Å². The summed E-state index contributed by atoms with van der Waals surface area (Å²) in [5.41, 5.74) is -0.0868. The molecule has 3 aromatic heterocycles. The molecule has 0 aromatic carbocycles. The number of likely N-dealkylation sites (tertiary alicyclic amines) is 1. The number of hydrogen-bond acceptors (Lipinski definition) is 6. The normalized spacial score (nSPS) is 20.0. The molecule has 4 rings (SSSR count). The number of nitrogens with one attached hydrogen (secondary N) is 1. The zero-order valence-corrected chi connectivity index (χ0v) is 18.8. The Balaban J connectivity index is 1.60. The number of nitrogens with zero attached hydrogens (tertiary/aromatic N) is 6. The van der Waals surface area contributed by atoms with Crippen molar-refractivity contribution < 1.29 is 26.7 Å². The van der Waals surface area contributed by atoms with Gasteiger partial charge >= 0.3 is 6.18 Å². The van der Waals surface area contributed by atoms with Crippen LogP contribution in [0.3, 0.4) is 0 Å². The molecule has 2 atom stereocenters. The van der Waals surface area contributed by atoms with Gasteiger partial charge in [-0.15, -0.1) is 0 Å². The first-order valence-electron chi connectivity index (χ1n) is 10.7. The van der Waals surface area contributed by atoms with Crippen molar-refractivity contribution in [2.24, 2.45) is 13.0 Å². The van der Waals surface area contributed by atoms with Gasteiger partial charge in [0, 0.05) is 49.7 Å². The molecule has 13 heteroatoms. The number of carbonyl (C=O) groups excluding carboxylic acids is 1. The lowest BCUT2D eigenvalue weighted by Crippen LogP contribution is -2.57. The highest BCUT2D eigenvalue weighted by Crippen LogP contribution is 2.36. The van der Waals surface area contributed by atoms with Gasteiger partial charge in [-0.2, -0.15) is 18.3 Å². The maximum Gasteiger partial charge on any atom is 0.434 e. The van der Waals surface area contributed by atoms with Crippen LogP contribution in [0.2, 0.25) is 0 Å². The number of anilines is 1. The summed E-state index contributed by atoms with van der Waals surface area (Å²) in [6, 6.07) is 2.72. The van der Waals surface area contributed by atoms with Gasteiger partial charge in [0.2, 0.25) is 0 Å². The minimum Gasteiger partial charge on any atom is -0.367 e. The van der Waals surface area contributed by atoms with E-state index in [0.717, 1.165) is 11.1 Å². The molecular formula is C22H22F5N7O. The van der Waals surface area contributed by atoms with Crippen LogP contribution in [0, 0.1) is 5.92 Å². The number of alkyl halides is 5. The molecule has 1 N–H and O–H groups in total. The summed E-state index contributed by atoms with van der Waals surface area (Å²) >= 11 is 0. The molecule has 1 fully saturated rings. The van der Waals surface area contributed by atoms with Crippen LogP contribution in [0.15, 0.2) is 43.1 Å². The maximum absolute atomic E-state index is 14.5. The highest BCUT2D eigenvalue weighted by atomic mass is 19.4. The minimum atomic E-state index is -4.63. The Kier molecular flexibility index (Phi) is 6.43. The largest absolute Gasteiger partial charge is 0.434 e. The third kappa shape index (κ3) is 5.38. The van der Waals surface area contributed by atoms with Gasteiger partial charge in [-0.05, 0) is 12.0 Å². The Hall–Kier alpha value is -3.64. The summed E-state index contributed by atoms with van der Waals surface area (Å²) in [6.07, 6.45) is 1.14. The molecule has 1 aliphatic heterocycles. The Labute approximate surface area is 197 Å². The molecule has 1 amide bonds. The zero-order chi connectivity index (χ0) is 25.4. The highest BCUT2D eigenvalue weighted by molar-refractivity contribution is 5.99. The van der Waals surface area contributed by atoms with E-state index >= 15 is 0 Å². The second-order valence-corrected chi connectivity index (χ2v) is 8.51. The molecule has 4 heterocycles. The number of hydrogen-bond donors (Lipinski definition) is 1. The Morgan fingerprint density at radius 2 is 2.00 bits per heavy atom. The molecule has 2 unspecified atom stereocenters. The van der Waals surface area contributed by atoms with Crippen molar-refractivity contribution in [3.63, 3.8) is 0 Å². The molecular weight excluding hydrogens is 473 g/mol. The van der Waals surface area contributed by atoms with E-state index < -0.39 is 48.6 Å². The Morgan fingerprint density at radius 1 is 1.23 bits per heavy atom. The van der Waals surface area contributed by atoms with Crippen LogP contribution in [-0.4, -0.2) is 60.6 Å².